The van der Waals surface area contributed by atoms with Crippen LogP contribution in [0.2, 0.25) is 5.02 Å². The maximum absolute atomic E-state index is 14.5. The molecule has 2 aromatic heterocycles. The number of phenols is 1. The maximum Gasteiger partial charge on any atom is 0.283 e. The maximum atomic E-state index is 14.5. The van der Waals surface area contributed by atoms with Crippen LogP contribution in [-0.4, -0.2) is 80.4 Å². The minimum Gasteiger partial charge on any atom is -0.508 e. The predicted octanol–water partition coefficient (Wildman–Crippen LogP) is 5.81. The number of halogens is 1. The molecule has 10 nitrogen and oxygen atoms in total. The number of phenolic OH excluding ortho intramolecular Hbond substituents is 1. The van der Waals surface area contributed by atoms with Crippen LogP contribution in [-0.2, 0) is 17.7 Å². The molecule has 5 aromatic rings. The average molecular weight is 663 g/mol. The third-order valence-electron chi connectivity index (χ3n) is 8.90. The van der Waals surface area contributed by atoms with Crippen LogP contribution in [0.5, 0.6) is 5.75 Å². The number of para-hydroxylation sites is 1. The second kappa shape index (κ2) is 13.6. The van der Waals surface area contributed by atoms with Crippen molar-refractivity contribution in [3.05, 3.63) is 130 Å². The van der Waals surface area contributed by atoms with Gasteiger partial charge in [0.1, 0.15) is 5.75 Å². The van der Waals surface area contributed by atoms with Crippen LogP contribution < -0.4 is 4.90 Å². The highest BCUT2D eigenvalue weighted by atomic mass is 35.5. The minimum atomic E-state index is -0.371. The van der Waals surface area contributed by atoms with E-state index < -0.39 is 0 Å². The van der Waals surface area contributed by atoms with Crippen LogP contribution in [0.3, 0.4) is 0 Å². The molecule has 0 bridgehead atoms. The van der Waals surface area contributed by atoms with Crippen LogP contribution in [0, 0.1) is 6.92 Å². The lowest BCUT2D eigenvalue weighted by molar-refractivity contribution is 0.0191. The zero-order valence-corrected chi connectivity index (χ0v) is 27.3. The second-order valence-electron chi connectivity index (χ2n) is 12.1. The Balaban J connectivity index is 1.24. The fourth-order valence-electron chi connectivity index (χ4n) is 6.44. The van der Waals surface area contributed by atoms with Gasteiger partial charge in [-0.3, -0.25) is 19.4 Å². The number of aromatic nitrogens is 3. The van der Waals surface area contributed by atoms with E-state index in [0.29, 0.717) is 47.4 Å². The van der Waals surface area contributed by atoms with Gasteiger partial charge in [-0.15, -0.1) is 0 Å². The summed E-state index contributed by atoms with van der Waals surface area (Å²) < 4.78 is 7.09. The number of carbonyl (C=O) groups is 2. The first kappa shape index (κ1) is 31.6. The molecule has 1 fully saturated rings. The van der Waals surface area contributed by atoms with Gasteiger partial charge in [-0.25, -0.2) is 9.67 Å². The Labute approximate surface area is 283 Å². The molecule has 0 saturated carbocycles. The summed E-state index contributed by atoms with van der Waals surface area (Å²) in [5, 5.41) is 15.0. The van der Waals surface area contributed by atoms with Crippen molar-refractivity contribution in [3.63, 3.8) is 0 Å². The number of anilines is 2. The predicted molar refractivity (Wildman–Crippen MR) is 183 cm³/mol. The smallest absolute Gasteiger partial charge is 0.283 e. The monoisotopic (exact) mass is 662 g/mol. The number of hydrogen-bond donors (Lipinski definition) is 1. The van der Waals surface area contributed by atoms with E-state index in [1.165, 1.54) is 28.6 Å². The largest absolute Gasteiger partial charge is 0.508 e. The molecule has 1 atom stereocenters. The van der Waals surface area contributed by atoms with Gasteiger partial charge in [0, 0.05) is 61.6 Å². The van der Waals surface area contributed by atoms with E-state index in [1.54, 1.807) is 36.2 Å². The Hall–Kier alpha value is -5.03. The molecule has 1 N–H and O–H groups in total. The average Bonchev–Trinajstić information content (AvgIpc) is 3.51. The van der Waals surface area contributed by atoms with E-state index >= 15 is 0 Å². The molecule has 0 aliphatic carbocycles. The molecule has 0 radical (unpaired) electrons. The lowest BCUT2D eigenvalue weighted by Gasteiger charge is -2.40. The van der Waals surface area contributed by atoms with Crippen LogP contribution in [0.4, 0.5) is 11.4 Å². The number of amides is 2. The standard InChI is InChI=1S/C37H35ClN6O4/c1-25-22-43(40-34(25)37(47)44(29-9-3-2-4-10-29)30-11-13-32(45)14-12-30)33-20-28(38)21-39-35(33)36(46)42-23-27-8-6-5-7-26(27)19-31(42)24-41-15-17-48-18-16-41/h2-14,20-22,31,45H,15-19,23-24H2,1H3/t31-/m0/s1. The summed E-state index contributed by atoms with van der Waals surface area (Å²) in [6, 6.07) is 25.5. The van der Waals surface area contributed by atoms with Gasteiger partial charge in [0.15, 0.2) is 11.4 Å². The fraction of sp³-hybridized carbons (Fsp3) is 0.243. The van der Waals surface area contributed by atoms with Crippen molar-refractivity contribution in [2.45, 2.75) is 25.9 Å². The number of ether oxygens (including phenoxy) is 1. The van der Waals surface area contributed by atoms with Gasteiger partial charge >= 0.3 is 0 Å². The van der Waals surface area contributed by atoms with Crippen LogP contribution in [0.15, 0.2) is 97.3 Å². The summed E-state index contributed by atoms with van der Waals surface area (Å²) in [5.41, 5.74) is 4.94. The van der Waals surface area contributed by atoms with Crippen LogP contribution >= 0.6 is 11.6 Å². The van der Waals surface area contributed by atoms with E-state index in [0.717, 1.165) is 31.6 Å². The van der Waals surface area contributed by atoms with Gasteiger partial charge < -0.3 is 14.7 Å². The van der Waals surface area contributed by atoms with Gasteiger partial charge in [-0.2, -0.15) is 5.10 Å². The first-order valence-corrected chi connectivity index (χ1v) is 16.3. The molecule has 2 aliphatic heterocycles. The van der Waals surface area contributed by atoms with Crippen LogP contribution in [0.1, 0.15) is 37.7 Å². The highest BCUT2D eigenvalue weighted by Gasteiger charge is 2.34. The molecule has 3 aromatic carbocycles. The number of fused-ring (bicyclic) bond motifs is 1. The molecule has 2 aliphatic rings. The molecule has 48 heavy (non-hydrogen) atoms. The molecular weight excluding hydrogens is 628 g/mol. The van der Waals surface area contributed by atoms with Crippen molar-refractivity contribution < 1.29 is 19.4 Å². The highest BCUT2D eigenvalue weighted by Crippen LogP contribution is 2.31. The first-order chi connectivity index (χ1) is 23.4. The number of pyridine rings is 1. The van der Waals surface area contributed by atoms with Gasteiger partial charge in [0.25, 0.3) is 11.8 Å². The van der Waals surface area contributed by atoms with Gasteiger partial charge in [-0.1, -0.05) is 54.1 Å². The number of benzene rings is 3. The molecule has 11 heteroatoms. The number of rotatable bonds is 7. The zero-order chi connectivity index (χ0) is 33.2. The zero-order valence-electron chi connectivity index (χ0n) is 26.5. The third-order valence-corrected chi connectivity index (χ3v) is 9.10. The quantitative estimate of drug-likeness (QED) is 0.235. The summed E-state index contributed by atoms with van der Waals surface area (Å²) >= 11 is 6.47. The fourth-order valence-corrected chi connectivity index (χ4v) is 6.59. The third kappa shape index (κ3) is 6.42. The topological polar surface area (TPSA) is 104 Å². The van der Waals surface area contributed by atoms with Gasteiger partial charge in [0.2, 0.25) is 0 Å². The number of aryl methyl sites for hydroxylation is 1. The highest BCUT2D eigenvalue weighted by molar-refractivity contribution is 6.30. The minimum absolute atomic E-state index is 0.0722. The van der Waals surface area contributed by atoms with Crippen molar-refractivity contribution in [1.29, 1.82) is 0 Å². The van der Waals surface area contributed by atoms with E-state index in [2.05, 4.69) is 22.0 Å². The van der Waals surface area contributed by atoms with E-state index in [-0.39, 0.29) is 35.0 Å². The van der Waals surface area contributed by atoms with Crippen LogP contribution in [0.25, 0.3) is 5.69 Å². The van der Waals surface area contributed by atoms with Crippen molar-refractivity contribution in [2.24, 2.45) is 0 Å². The molecule has 1 saturated heterocycles. The Bertz CT molecular complexity index is 1940. The molecule has 7 rings (SSSR count). The summed E-state index contributed by atoms with van der Waals surface area (Å²) in [6.07, 6.45) is 3.92. The Morgan fingerprint density at radius 3 is 2.38 bits per heavy atom. The van der Waals surface area contributed by atoms with Gasteiger partial charge in [-0.05, 0) is 66.9 Å². The normalized spacial score (nSPS) is 16.4. The molecule has 2 amide bonds. The lowest BCUT2D eigenvalue weighted by Crippen LogP contribution is -2.52. The van der Waals surface area contributed by atoms with E-state index in [1.807, 2.05) is 47.4 Å². The Morgan fingerprint density at radius 2 is 1.62 bits per heavy atom. The molecule has 0 unspecified atom stereocenters. The molecule has 244 valence electrons. The molecular formula is C37H35ClN6O4. The van der Waals surface area contributed by atoms with Crippen molar-refractivity contribution in [1.82, 2.24) is 24.6 Å². The summed E-state index contributed by atoms with van der Waals surface area (Å²) in [7, 11) is 0. The lowest BCUT2D eigenvalue weighted by atomic mass is 9.93. The van der Waals surface area contributed by atoms with Crippen molar-refractivity contribution >= 4 is 34.8 Å². The number of nitrogens with zero attached hydrogens (tertiary/aromatic N) is 6. The number of hydrogen-bond acceptors (Lipinski definition) is 7. The Kier molecular flexibility index (Phi) is 8.94. The van der Waals surface area contributed by atoms with Crippen molar-refractivity contribution in [3.8, 4) is 11.4 Å². The number of aromatic hydroxyl groups is 1. The van der Waals surface area contributed by atoms with E-state index in [9.17, 15) is 14.7 Å². The molecule has 4 heterocycles. The van der Waals surface area contributed by atoms with Crippen molar-refractivity contribution in [2.75, 3.05) is 37.7 Å². The second-order valence-corrected chi connectivity index (χ2v) is 12.5. The summed E-state index contributed by atoms with van der Waals surface area (Å²) in [6.45, 7) is 5.96. The SMILES string of the molecule is Cc1cn(-c2cc(Cl)cnc2C(=O)N2Cc3ccccc3C[C@H]2CN2CCOCC2)nc1C(=O)N(c1ccccc1)c1ccc(O)cc1. The molecule has 0 spiro atoms. The Morgan fingerprint density at radius 1 is 0.938 bits per heavy atom. The first-order valence-electron chi connectivity index (χ1n) is 15.9. The van der Waals surface area contributed by atoms with E-state index in [4.69, 9.17) is 21.4 Å². The summed E-state index contributed by atoms with van der Waals surface area (Å²) in [5.74, 6) is -0.510. The van der Waals surface area contributed by atoms with Gasteiger partial charge in [0.05, 0.1) is 23.9 Å². The number of morpholine rings is 1. The number of carbonyl (C=O) groups excluding carboxylic acids is 2. The summed E-state index contributed by atoms with van der Waals surface area (Å²) in [4.78, 5) is 39.1.